The minimum atomic E-state index is -0.392. The Morgan fingerprint density at radius 2 is 1.67 bits per heavy atom. The van der Waals surface area contributed by atoms with Gasteiger partial charge < -0.3 is 0 Å². The number of hydrogen-bond donors (Lipinski definition) is 0. The summed E-state index contributed by atoms with van der Waals surface area (Å²) in [6.07, 6.45) is 0.946. The maximum atomic E-state index is 12.8. The van der Waals surface area contributed by atoms with Gasteiger partial charge in [-0.15, -0.1) is 11.8 Å². The van der Waals surface area contributed by atoms with E-state index in [1.807, 2.05) is 26.0 Å². The van der Waals surface area contributed by atoms with Crippen molar-refractivity contribution in [1.82, 2.24) is 19.1 Å². The molecule has 0 spiro atoms. The molecule has 27 heavy (non-hydrogen) atoms. The maximum absolute atomic E-state index is 12.8. The Bertz CT molecular complexity index is 1130. The molecule has 0 saturated carbocycles. The largest absolute Gasteiger partial charge is 0.332 e. The second-order valence-electron chi connectivity index (χ2n) is 6.97. The van der Waals surface area contributed by atoms with Gasteiger partial charge in [-0.3, -0.25) is 13.9 Å². The summed E-state index contributed by atoms with van der Waals surface area (Å²) in [6, 6.07) is 6.13. The molecule has 0 unspecified atom stereocenters. The quantitative estimate of drug-likeness (QED) is 0.510. The number of thioether (sulfide) groups is 1. The average Bonchev–Trinajstić information content (AvgIpc) is 2.63. The zero-order valence-corrected chi connectivity index (χ0v) is 17.3. The van der Waals surface area contributed by atoms with Crippen LogP contribution in [0.25, 0.3) is 22.4 Å². The normalized spacial score (nSPS) is 12.5. The molecule has 0 aliphatic rings. The second kappa shape index (κ2) is 7.31. The summed E-state index contributed by atoms with van der Waals surface area (Å²) in [7, 11) is 3.12. The van der Waals surface area contributed by atoms with Gasteiger partial charge in [0.2, 0.25) is 0 Å². The van der Waals surface area contributed by atoms with Crippen molar-refractivity contribution in [3.63, 3.8) is 0 Å². The molecule has 3 aromatic rings. The summed E-state index contributed by atoms with van der Waals surface area (Å²) in [6.45, 7) is 8.25. The van der Waals surface area contributed by atoms with E-state index in [1.54, 1.807) is 18.8 Å². The van der Waals surface area contributed by atoms with Crippen LogP contribution in [0.2, 0.25) is 0 Å². The molecule has 2 aromatic heterocycles. The predicted octanol–water partition coefficient (Wildman–Crippen LogP) is 3.20. The van der Waals surface area contributed by atoms with Crippen molar-refractivity contribution in [2.75, 3.05) is 0 Å². The first-order valence-corrected chi connectivity index (χ1v) is 9.84. The highest BCUT2D eigenvalue weighted by Crippen LogP contribution is 2.30. The van der Waals surface area contributed by atoms with Gasteiger partial charge in [0.1, 0.15) is 10.4 Å². The van der Waals surface area contributed by atoms with E-state index in [4.69, 9.17) is 4.98 Å². The smallest absolute Gasteiger partial charge is 0.280 e. The minimum Gasteiger partial charge on any atom is -0.280 e. The second-order valence-corrected chi connectivity index (χ2v) is 8.40. The number of rotatable bonds is 4. The summed E-state index contributed by atoms with van der Waals surface area (Å²) in [4.78, 5) is 34.6. The Kier molecular flexibility index (Phi) is 5.24. The molecule has 2 heterocycles. The van der Waals surface area contributed by atoms with Crippen LogP contribution in [0.15, 0.2) is 32.8 Å². The molecule has 7 heteroatoms. The van der Waals surface area contributed by atoms with E-state index in [0.717, 1.165) is 27.7 Å². The van der Waals surface area contributed by atoms with Crippen molar-refractivity contribution >= 4 is 22.8 Å². The van der Waals surface area contributed by atoms with Gasteiger partial charge in [0, 0.05) is 24.9 Å². The minimum absolute atomic E-state index is 0.289. The lowest BCUT2D eigenvalue weighted by molar-refractivity contribution is 0.703. The zero-order chi connectivity index (χ0) is 19.9. The molecule has 0 bridgehead atoms. The van der Waals surface area contributed by atoms with E-state index in [1.165, 1.54) is 11.6 Å². The fourth-order valence-electron chi connectivity index (χ4n) is 3.02. The standard InChI is InChI=1S/C20H24N4O2S/c1-7-13(4)27-18-15-17(23(5)20(26)24(6)19(15)25)21-16(22-18)14-9-11(2)8-12(3)10-14/h8-10,13H,7H2,1-6H3/t13-/m1/s1. The lowest BCUT2D eigenvalue weighted by atomic mass is 10.1. The lowest BCUT2D eigenvalue weighted by Gasteiger charge is -2.14. The third kappa shape index (κ3) is 3.56. The highest BCUT2D eigenvalue weighted by Gasteiger charge is 2.19. The van der Waals surface area contributed by atoms with Gasteiger partial charge in [-0.1, -0.05) is 31.0 Å². The molecular weight excluding hydrogens is 360 g/mol. The van der Waals surface area contributed by atoms with Crippen LogP contribution in [0, 0.1) is 13.8 Å². The number of hydrogen-bond acceptors (Lipinski definition) is 5. The van der Waals surface area contributed by atoms with Gasteiger partial charge in [0.25, 0.3) is 5.56 Å². The first-order valence-electron chi connectivity index (χ1n) is 8.96. The zero-order valence-electron chi connectivity index (χ0n) is 16.5. The molecule has 0 fully saturated rings. The summed E-state index contributed by atoms with van der Waals surface area (Å²) >= 11 is 1.55. The summed E-state index contributed by atoms with van der Waals surface area (Å²) in [5.74, 6) is 0.531. The van der Waals surface area contributed by atoms with Gasteiger partial charge in [-0.25, -0.2) is 14.8 Å². The fraction of sp³-hybridized carbons (Fsp3) is 0.400. The van der Waals surface area contributed by atoms with Gasteiger partial charge in [0.05, 0.1) is 0 Å². The first kappa shape index (κ1) is 19.4. The van der Waals surface area contributed by atoms with E-state index < -0.39 is 5.69 Å². The van der Waals surface area contributed by atoms with Crippen LogP contribution in [0.4, 0.5) is 0 Å². The van der Waals surface area contributed by atoms with E-state index in [-0.39, 0.29) is 10.8 Å². The molecule has 0 aliphatic carbocycles. The van der Waals surface area contributed by atoms with Crippen LogP contribution in [0.1, 0.15) is 31.4 Å². The van der Waals surface area contributed by atoms with E-state index >= 15 is 0 Å². The van der Waals surface area contributed by atoms with Crippen LogP contribution in [-0.4, -0.2) is 24.4 Å². The topological polar surface area (TPSA) is 69.8 Å². The molecular formula is C20H24N4O2S. The highest BCUT2D eigenvalue weighted by atomic mass is 32.2. The first-order chi connectivity index (χ1) is 12.7. The van der Waals surface area contributed by atoms with Crippen LogP contribution >= 0.6 is 11.8 Å². The Hall–Kier alpha value is -2.41. The van der Waals surface area contributed by atoms with Crippen LogP contribution in [-0.2, 0) is 14.1 Å². The van der Waals surface area contributed by atoms with Crippen molar-refractivity contribution in [3.8, 4) is 11.4 Å². The summed E-state index contributed by atoms with van der Waals surface area (Å²) in [5, 5.41) is 1.31. The van der Waals surface area contributed by atoms with Crippen molar-refractivity contribution in [2.45, 2.75) is 44.4 Å². The fourth-order valence-corrected chi connectivity index (χ4v) is 4.00. The summed E-state index contributed by atoms with van der Waals surface area (Å²) < 4.78 is 2.54. The molecule has 0 amide bonds. The Labute approximate surface area is 162 Å². The molecule has 6 nitrogen and oxygen atoms in total. The van der Waals surface area contributed by atoms with Gasteiger partial charge in [0.15, 0.2) is 11.5 Å². The molecule has 1 aromatic carbocycles. The lowest BCUT2D eigenvalue weighted by Crippen LogP contribution is -2.37. The molecule has 1 atom stereocenters. The Morgan fingerprint density at radius 1 is 1.04 bits per heavy atom. The number of nitrogens with zero attached hydrogens (tertiary/aromatic N) is 4. The van der Waals surface area contributed by atoms with Gasteiger partial charge >= 0.3 is 5.69 Å². The summed E-state index contributed by atoms with van der Waals surface area (Å²) in [5.41, 5.74) is 2.74. The average molecular weight is 385 g/mol. The molecule has 0 aliphatic heterocycles. The van der Waals surface area contributed by atoms with Crippen LogP contribution < -0.4 is 11.2 Å². The predicted molar refractivity (Wildman–Crippen MR) is 111 cm³/mol. The molecule has 0 N–H and O–H groups in total. The van der Waals surface area contributed by atoms with Gasteiger partial charge in [-0.05, 0) is 32.4 Å². The number of aryl methyl sites for hydroxylation is 3. The van der Waals surface area contributed by atoms with Crippen molar-refractivity contribution in [2.24, 2.45) is 14.1 Å². The van der Waals surface area contributed by atoms with E-state index in [9.17, 15) is 9.59 Å². The molecule has 0 radical (unpaired) electrons. The number of fused-ring (bicyclic) bond motifs is 1. The monoisotopic (exact) mass is 384 g/mol. The highest BCUT2D eigenvalue weighted by molar-refractivity contribution is 8.00. The van der Waals surface area contributed by atoms with Gasteiger partial charge in [-0.2, -0.15) is 0 Å². The van der Waals surface area contributed by atoms with Crippen LogP contribution in [0.3, 0.4) is 0 Å². The van der Waals surface area contributed by atoms with E-state index in [0.29, 0.717) is 21.9 Å². The number of aromatic nitrogens is 4. The number of benzene rings is 1. The van der Waals surface area contributed by atoms with Crippen molar-refractivity contribution in [1.29, 1.82) is 0 Å². The molecule has 3 rings (SSSR count). The van der Waals surface area contributed by atoms with Crippen molar-refractivity contribution in [3.05, 3.63) is 50.2 Å². The Morgan fingerprint density at radius 3 is 2.26 bits per heavy atom. The third-order valence-corrected chi connectivity index (χ3v) is 5.89. The Balaban J connectivity index is 2.41. The maximum Gasteiger partial charge on any atom is 0.332 e. The third-order valence-electron chi connectivity index (χ3n) is 4.63. The van der Waals surface area contributed by atoms with E-state index in [2.05, 4.69) is 24.9 Å². The SMILES string of the molecule is CC[C@@H](C)Sc1nc(-c2cc(C)cc(C)c2)nc2c1c(=O)n(C)c(=O)n2C. The van der Waals surface area contributed by atoms with Crippen LogP contribution in [0.5, 0.6) is 0 Å². The molecule has 142 valence electrons. The molecule has 0 saturated heterocycles. The van der Waals surface area contributed by atoms with Crippen molar-refractivity contribution < 1.29 is 0 Å².